The lowest BCUT2D eigenvalue weighted by atomic mass is 9.99. The Labute approximate surface area is 226 Å². The SMILES string of the molecule is CCOc1cc(-c2ccc(OCCN3CCCC3)c(/C=C(\C)C(=O)O)c2)ccc1-c1nc(NN)c(N)c(=O)[nH]1. The lowest BCUT2D eigenvalue weighted by Crippen LogP contribution is -2.25. The first-order chi connectivity index (χ1) is 18.8. The highest BCUT2D eigenvalue weighted by Gasteiger charge is 2.16. The van der Waals surface area contributed by atoms with Crippen LogP contribution < -0.4 is 32.0 Å². The van der Waals surface area contributed by atoms with Crippen molar-refractivity contribution in [2.45, 2.75) is 26.7 Å². The molecule has 0 spiro atoms. The van der Waals surface area contributed by atoms with Crippen LogP contribution in [0.5, 0.6) is 11.5 Å². The minimum Gasteiger partial charge on any atom is -0.493 e. The number of hydrogen-bond acceptors (Lipinski definition) is 9. The first-order valence-electron chi connectivity index (χ1n) is 12.9. The third-order valence-corrected chi connectivity index (χ3v) is 6.54. The van der Waals surface area contributed by atoms with Crippen LogP contribution in [0.3, 0.4) is 0 Å². The van der Waals surface area contributed by atoms with Crippen LogP contribution >= 0.6 is 0 Å². The number of aliphatic carboxylic acids is 1. The van der Waals surface area contributed by atoms with Crippen LogP contribution in [-0.2, 0) is 4.79 Å². The molecule has 1 aromatic heterocycles. The first kappa shape index (κ1) is 27.7. The Morgan fingerprint density at radius 1 is 1.15 bits per heavy atom. The van der Waals surface area contributed by atoms with Gasteiger partial charge in [0.2, 0.25) is 0 Å². The van der Waals surface area contributed by atoms with Gasteiger partial charge < -0.3 is 30.7 Å². The number of anilines is 2. The predicted molar refractivity (Wildman–Crippen MR) is 152 cm³/mol. The molecule has 0 unspecified atom stereocenters. The van der Waals surface area contributed by atoms with E-state index in [4.69, 9.17) is 21.1 Å². The maximum atomic E-state index is 12.3. The zero-order valence-corrected chi connectivity index (χ0v) is 22.1. The van der Waals surface area contributed by atoms with Crippen LogP contribution in [0.15, 0.2) is 46.8 Å². The van der Waals surface area contributed by atoms with Crippen molar-refractivity contribution in [2.24, 2.45) is 5.84 Å². The third-order valence-electron chi connectivity index (χ3n) is 6.54. The molecule has 0 saturated carbocycles. The second-order valence-electron chi connectivity index (χ2n) is 9.25. The number of nitrogen functional groups attached to an aromatic ring is 2. The number of carboxylic acid groups (broad SMARTS) is 1. The summed E-state index contributed by atoms with van der Waals surface area (Å²) in [5.41, 5.74) is 10.5. The van der Waals surface area contributed by atoms with Crippen molar-refractivity contribution < 1.29 is 19.4 Å². The van der Waals surface area contributed by atoms with Crippen molar-refractivity contribution >= 4 is 23.6 Å². The number of hydrazine groups is 1. The van der Waals surface area contributed by atoms with Gasteiger partial charge in [-0.2, -0.15) is 0 Å². The molecule has 39 heavy (non-hydrogen) atoms. The maximum absolute atomic E-state index is 12.3. The highest BCUT2D eigenvalue weighted by atomic mass is 16.5. The normalized spacial score (nSPS) is 13.9. The lowest BCUT2D eigenvalue weighted by molar-refractivity contribution is -0.132. The minimum absolute atomic E-state index is 0.0609. The largest absolute Gasteiger partial charge is 0.493 e. The molecule has 3 aromatic rings. The molecular weight excluding hydrogens is 500 g/mol. The Bertz CT molecular complexity index is 1430. The van der Waals surface area contributed by atoms with Gasteiger partial charge >= 0.3 is 5.97 Å². The fraction of sp³-hybridized carbons (Fsp3) is 0.321. The number of H-pyrrole nitrogens is 1. The van der Waals surface area contributed by atoms with E-state index in [1.165, 1.54) is 12.8 Å². The fourth-order valence-corrected chi connectivity index (χ4v) is 4.45. The molecule has 0 atom stereocenters. The summed E-state index contributed by atoms with van der Waals surface area (Å²) in [7, 11) is 0. The summed E-state index contributed by atoms with van der Waals surface area (Å²) < 4.78 is 12.0. The number of rotatable bonds is 11. The third kappa shape index (κ3) is 6.57. The average molecular weight is 535 g/mol. The van der Waals surface area contributed by atoms with Crippen molar-refractivity contribution in [2.75, 3.05) is 44.0 Å². The number of likely N-dealkylation sites (tertiary alicyclic amines) is 1. The molecule has 11 nitrogen and oxygen atoms in total. The number of aromatic amines is 1. The molecule has 0 amide bonds. The summed E-state index contributed by atoms with van der Waals surface area (Å²) in [5.74, 6) is 5.90. The average Bonchev–Trinajstić information content (AvgIpc) is 3.44. The number of carbonyl (C=O) groups is 1. The van der Waals surface area contributed by atoms with Gasteiger partial charge in [-0.1, -0.05) is 12.1 Å². The molecule has 7 N–H and O–H groups in total. The van der Waals surface area contributed by atoms with Gasteiger partial charge in [-0.15, -0.1) is 0 Å². The molecule has 1 fully saturated rings. The number of nitrogens with zero attached hydrogens (tertiary/aromatic N) is 2. The van der Waals surface area contributed by atoms with E-state index >= 15 is 0 Å². The van der Waals surface area contributed by atoms with E-state index in [0.717, 1.165) is 30.8 Å². The van der Waals surface area contributed by atoms with E-state index in [1.807, 2.05) is 37.3 Å². The van der Waals surface area contributed by atoms with Gasteiger partial charge in [0.15, 0.2) is 5.82 Å². The summed E-state index contributed by atoms with van der Waals surface area (Å²) >= 11 is 0. The van der Waals surface area contributed by atoms with Gasteiger partial charge in [0.25, 0.3) is 5.56 Å². The van der Waals surface area contributed by atoms with Gasteiger partial charge in [0, 0.05) is 17.7 Å². The quantitative estimate of drug-likeness (QED) is 0.140. The van der Waals surface area contributed by atoms with Gasteiger partial charge in [0.1, 0.15) is 29.6 Å². The maximum Gasteiger partial charge on any atom is 0.331 e. The molecule has 2 heterocycles. The molecule has 1 aliphatic rings. The number of aromatic nitrogens is 2. The first-order valence-corrected chi connectivity index (χ1v) is 12.9. The number of hydrogen-bond donors (Lipinski definition) is 5. The molecule has 206 valence electrons. The Morgan fingerprint density at radius 3 is 2.56 bits per heavy atom. The standard InChI is InChI=1S/C28H34N6O5/c1-3-38-23-16-19(6-8-21(23)25-31-26(33-30)24(29)27(35)32-25)18-7-9-22(20(15-18)14-17(2)28(36)37)39-13-12-34-10-4-5-11-34/h6-9,14-16H,3-5,10-13,29-30H2,1-2H3,(H,36,37)(H2,31,32,33,35)/b17-14+. The smallest absolute Gasteiger partial charge is 0.331 e. The van der Waals surface area contributed by atoms with Gasteiger partial charge in [-0.25, -0.2) is 15.6 Å². The summed E-state index contributed by atoms with van der Waals surface area (Å²) in [6, 6.07) is 11.2. The summed E-state index contributed by atoms with van der Waals surface area (Å²) in [6.07, 6.45) is 4.02. The molecule has 0 radical (unpaired) electrons. The summed E-state index contributed by atoms with van der Waals surface area (Å²) in [4.78, 5) is 33.2. The van der Waals surface area contributed by atoms with E-state index in [9.17, 15) is 14.7 Å². The number of carboxylic acids is 1. The van der Waals surface area contributed by atoms with E-state index in [2.05, 4.69) is 20.3 Å². The van der Waals surface area contributed by atoms with Crippen molar-refractivity contribution in [3.63, 3.8) is 0 Å². The molecule has 4 rings (SSSR count). The predicted octanol–water partition coefficient (Wildman–Crippen LogP) is 3.33. The molecule has 0 aliphatic carbocycles. The molecular formula is C28H34N6O5. The number of ether oxygens (including phenoxy) is 2. The van der Waals surface area contributed by atoms with Crippen LogP contribution in [0.4, 0.5) is 11.5 Å². The number of nitrogens with two attached hydrogens (primary N) is 2. The molecule has 11 heteroatoms. The number of nitrogens with one attached hydrogen (secondary N) is 2. The van der Waals surface area contributed by atoms with Crippen LogP contribution in [-0.4, -0.2) is 58.8 Å². The van der Waals surface area contributed by atoms with Crippen LogP contribution in [0.25, 0.3) is 28.6 Å². The second-order valence-corrected chi connectivity index (χ2v) is 9.25. The monoisotopic (exact) mass is 534 g/mol. The Hall–Kier alpha value is -4.35. The van der Waals surface area contributed by atoms with Gasteiger partial charge in [-0.05, 0) is 81.2 Å². The Kier molecular flexibility index (Phi) is 8.84. The van der Waals surface area contributed by atoms with Crippen molar-refractivity contribution in [3.05, 3.63) is 57.9 Å². The van der Waals surface area contributed by atoms with Crippen LogP contribution in [0, 0.1) is 0 Å². The lowest BCUT2D eigenvalue weighted by Gasteiger charge is -2.17. The van der Waals surface area contributed by atoms with E-state index in [-0.39, 0.29) is 22.9 Å². The van der Waals surface area contributed by atoms with E-state index in [1.54, 1.807) is 19.1 Å². The summed E-state index contributed by atoms with van der Waals surface area (Å²) in [5, 5.41) is 9.46. The molecule has 1 saturated heterocycles. The zero-order valence-electron chi connectivity index (χ0n) is 22.1. The highest BCUT2D eigenvalue weighted by Crippen LogP contribution is 2.35. The van der Waals surface area contributed by atoms with E-state index in [0.29, 0.717) is 35.8 Å². The summed E-state index contributed by atoms with van der Waals surface area (Å²) in [6.45, 7) is 7.29. The topological polar surface area (TPSA) is 169 Å². The van der Waals surface area contributed by atoms with Crippen molar-refractivity contribution in [1.82, 2.24) is 14.9 Å². The van der Waals surface area contributed by atoms with Crippen molar-refractivity contribution in [3.8, 4) is 34.0 Å². The van der Waals surface area contributed by atoms with Gasteiger partial charge in [0.05, 0.1) is 12.2 Å². The Morgan fingerprint density at radius 2 is 1.87 bits per heavy atom. The zero-order chi connectivity index (χ0) is 27.9. The minimum atomic E-state index is -0.997. The second kappa shape index (κ2) is 12.5. The van der Waals surface area contributed by atoms with Crippen molar-refractivity contribution in [1.29, 1.82) is 0 Å². The van der Waals surface area contributed by atoms with Crippen LogP contribution in [0.1, 0.15) is 32.3 Å². The Balaban J connectivity index is 1.69. The van der Waals surface area contributed by atoms with E-state index < -0.39 is 11.5 Å². The van der Waals surface area contributed by atoms with Crippen LogP contribution in [0.2, 0.25) is 0 Å². The molecule has 1 aliphatic heterocycles. The highest BCUT2D eigenvalue weighted by molar-refractivity contribution is 5.92. The molecule has 0 bridgehead atoms. The van der Waals surface area contributed by atoms with Gasteiger partial charge in [-0.3, -0.25) is 9.69 Å². The fourth-order valence-electron chi connectivity index (χ4n) is 4.45. The molecule has 2 aromatic carbocycles. The number of benzene rings is 2.